The third-order valence-electron chi connectivity index (χ3n) is 5.81. The molecular formula is C25H27ClN4O5. The molecular weight excluding hydrogens is 472 g/mol. The molecule has 2 amide bonds. The van der Waals surface area contributed by atoms with Crippen LogP contribution in [0.25, 0.3) is 17.0 Å². The number of allylic oxidation sites excluding steroid dienone is 1. The van der Waals surface area contributed by atoms with Crippen molar-refractivity contribution < 1.29 is 23.5 Å². The van der Waals surface area contributed by atoms with Gasteiger partial charge in [-0.1, -0.05) is 28.9 Å². The molecule has 2 heterocycles. The summed E-state index contributed by atoms with van der Waals surface area (Å²) < 4.78 is 21.6. The molecule has 3 aromatic rings. The van der Waals surface area contributed by atoms with Crippen molar-refractivity contribution in [3.8, 4) is 22.9 Å². The van der Waals surface area contributed by atoms with Crippen LogP contribution in [0.4, 0.5) is 4.79 Å². The number of amides is 2. The molecule has 10 heteroatoms. The fourth-order valence-corrected chi connectivity index (χ4v) is 4.25. The fraction of sp³-hybridized carbons (Fsp3) is 0.320. The highest BCUT2D eigenvalue weighted by molar-refractivity contribution is 6.30. The first kappa shape index (κ1) is 24.6. The third-order valence-corrected chi connectivity index (χ3v) is 6.04. The third kappa shape index (κ3) is 5.11. The molecule has 35 heavy (non-hydrogen) atoms. The minimum absolute atomic E-state index is 0.216. The Kier molecular flexibility index (Phi) is 7.57. The number of hydrogen-bond acceptors (Lipinski definition) is 7. The van der Waals surface area contributed by atoms with Crippen LogP contribution < -0.4 is 14.8 Å². The lowest BCUT2D eigenvalue weighted by Gasteiger charge is -2.35. The minimum atomic E-state index is -0.515. The first-order valence-corrected chi connectivity index (χ1v) is 11.4. The second-order valence-corrected chi connectivity index (χ2v) is 8.36. The smallest absolute Gasteiger partial charge is 0.322 e. The number of ether oxygens (including phenoxy) is 3. The molecule has 0 saturated carbocycles. The number of nitrogens with one attached hydrogen (secondary N) is 1. The van der Waals surface area contributed by atoms with Gasteiger partial charge >= 0.3 is 6.03 Å². The molecule has 2 aromatic carbocycles. The standard InChI is InChI=1S/C25H27ClN4O5/c1-15-21(24-28-23(29-35-24)17-9-10-19(33-3)20(14-17)34-4)22(16-7-5-8-18(26)13-16)27-25(31)30(15)11-6-12-32-2/h5,7-10,13-14,22H,6,11-12H2,1-4H3,(H,27,31). The van der Waals surface area contributed by atoms with Gasteiger partial charge in [0.1, 0.15) is 0 Å². The van der Waals surface area contributed by atoms with Crippen LogP contribution in [-0.2, 0) is 4.74 Å². The van der Waals surface area contributed by atoms with Crippen molar-refractivity contribution in [1.29, 1.82) is 0 Å². The molecule has 0 aliphatic carbocycles. The van der Waals surface area contributed by atoms with Crippen LogP contribution in [-0.4, -0.2) is 55.6 Å². The van der Waals surface area contributed by atoms with E-state index in [-0.39, 0.29) is 6.03 Å². The number of benzene rings is 2. The molecule has 1 aliphatic heterocycles. The van der Waals surface area contributed by atoms with Gasteiger partial charge in [-0.3, -0.25) is 4.90 Å². The predicted molar refractivity (Wildman–Crippen MR) is 131 cm³/mol. The van der Waals surface area contributed by atoms with Crippen LogP contribution in [0.3, 0.4) is 0 Å². The molecule has 184 valence electrons. The molecule has 1 aromatic heterocycles. The van der Waals surface area contributed by atoms with Gasteiger partial charge < -0.3 is 24.1 Å². The monoisotopic (exact) mass is 498 g/mol. The van der Waals surface area contributed by atoms with E-state index in [0.29, 0.717) is 58.9 Å². The number of carbonyl (C=O) groups excluding carboxylic acids is 1. The summed E-state index contributed by atoms with van der Waals surface area (Å²) in [6.07, 6.45) is 0.678. The maximum atomic E-state index is 13.0. The van der Waals surface area contributed by atoms with Gasteiger partial charge in [0.2, 0.25) is 5.82 Å². The summed E-state index contributed by atoms with van der Waals surface area (Å²) in [5.41, 5.74) is 2.93. The zero-order valence-corrected chi connectivity index (χ0v) is 20.8. The number of hydrogen-bond donors (Lipinski definition) is 1. The van der Waals surface area contributed by atoms with Crippen LogP contribution >= 0.6 is 11.6 Å². The molecule has 0 bridgehead atoms. The quantitative estimate of drug-likeness (QED) is 0.417. The molecule has 1 atom stereocenters. The lowest BCUT2D eigenvalue weighted by atomic mass is 9.94. The Balaban J connectivity index is 1.77. The normalized spacial score (nSPS) is 15.9. The lowest BCUT2D eigenvalue weighted by Crippen LogP contribution is -2.46. The summed E-state index contributed by atoms with van der Waals surface area (Å²) in [6, 6.07) is 12.0. The van der Waals surface area contributed by atoms with Gasteiger partial charge in [-0.05, 0) is 49.2 Å². The highest BCUT2D eigenvalue weighted by Crippen LogP contribution is 2.38. The van der Waals surface area contributed by atoms with Gasteiger partial charge in [-0.2, -0.15) is 4.98 Å². The van der Waals surface area contributed by atoms with Gasteiger partial charge in [0.25, 0.3) is 5.89 Å². The van der Waals surface area contributed by atoms with E-state index in [1.807, 2.05) is 31.2 Å². The Labute approximate surface area is 208 Å². The van der Waals surface area contributed by atoms with Crippen molar-refractivity contribution >= 4 is 23.2 Å². The molecule has 1 aliphatic rings. The van der Waals surface area contributed by atoms with E-state index < -0.39 is 6.04 Å². The van der Waals surface area contributed by atoms with Crippen molar-refractivity contribution in [3.05, 3.63) is 64.6 Å². The van der Waals surface area contributed by atoms with Crippen LogP contribution in [0.1, 0.15) is 30.8 Å². The van der Waals surface area contributed by atoms with Crippen molar-refractivity contribution in [1.82, 2.24) is 20.4 Å². The Bertz CT molecular complexity index is 1240. The topological polar surface area (TPSA) is 99.0 Å². The van der Waals surface area contributed by atoms with Gasteiger partial charge in [0, 0.05) is 36.5 Å². The number of nitrogens with zero attached hydrogens (tertiary/aromatic N) is 3. The van der Waals surface area contributed by atoms with Gasteiger partial charge in [0.05, 0.1) is 25.8 Å². The molecule has 1 N–H and O–H groups in total. The number of urea groups is 1. The van der Waals surface area contributed by atoms with E-state index in [4.69, 9.17) is 30.3 Å². The summed E-state index contributed by atoms with van der Waals surface area (Å²) in [7, 11) is 4.77. The molecule has 4 rings (SSSR count). The molecule has 0 fully saturated rings. The molecule has 1 unspecified atom stereocenters. The van der Waals surface area contributed by atoms with Crippen molar-refractivity contribution in [3.63, 3.8) is 0 Å². The van der Waals surface area contributed by atoms with E-state index in [9.17, 15) is 4.79 Å². The van der Waals surface area contributed by atoms with E-state index in [1.54, 1.807) is 44.4 Å². The summed E-state index contributed by atoms with van der Waals surface area (Å²) in [5, 5.41) is 7.82. The maximum Gasteiger partial charge on any atom is 0.322 e. The van der Waals surface area contributed by atoms with Crippen LogP contribution in [0.2, 0.25) is 5.02 Å². The average Bonchev–Trinajstić information content (AvgIpc) is 3.35. The van der Waals surface area contributed by atoms with Crippen LogP contribution in [0.15, 0.2) is 52.7 Å². The molecule has 0 radical (unpaired) electrons. The summed E-state index contributed by atoms with van der Waals surface area (Å²) in [5.74, 6) is 1.84. The Morgan fingerprint density at radius 3 is 2.63 bits per heavy atom. The highest BCUT2D eigenvalue weighted by atomic mass is 35.5. The van der Waals surface area contributed by atoms with Crippen molar-refractivity contribution in [2.75, 3.05) is 34.5 Å². The summed E-state index contributed by atoms with van der Waals surface area (Å²) in [4.78, 5) is 19.4. The first-order chi connectivity index (χ1) is 17.0. The van der Waals surface area contributed by atoms with E-state index in [0.717, 1.165) is 11.3 Å². The Morgan fingerprint density at radius 2 is 1.91 bits per heavy atom. The van der Waals surface area contributed by atoms with Crippen LogP contribution in [0.5, 0.6) is 11.5 Å². The van der Waals surface area contributed by atoms with E-state index in [2.05, 4.69) is 15.5 Å². The number of aromatic nitrogens is 2. The number of carbonyl (C=O) groups is 1. The average molecular weight is 499 g/mol. The fourth-order valence-electron chi connectivity index (χ4n) is 4.06. The predicted octanol–water partition coefficient (Wildman–Crippen LogP) is 4.94. The largest absolute Gasteiger partial charge is 0.493 e. The number of rotatable bonds is 9. The van der Waals surface area contributed by atoms with Gasteiger partial charge in [-0.15, -0.1) is 0 Å². The SMILES string of the molecule is COCCCN1C(=O)NC(c2cccc(Cl)c2)C(c2nc(-c3ccc(OC)c(OC)c3)no2)=C1C. The second kappa shape index (κ2) is 10.8. The highest BCUT2D eigenvalue weighted by Gasteiger charge is 2.35. The van der Waals surface area contributed by atoms with Gasteiger partial charge in [-0.25, -0.2) is 4.79 Å². The van der Waals surface area contributed by atoms with E-state index in [1.165, 1.54) is 0 Å². The Hall–Kier alpha value is -3.56. The second-order valence-electron chi connectivity index (χ2n) is 7.93. The molecule has 9 nitrogen and oxygen atoms in total. The zero-order valence-electron chi connectivity index (χ0n) is 20.0. The maximum absolute atomic E-state index is 13.0. The number of halogens is 1. The van der Waals surface area contributed by atoms with Crippen molar-refractivity contribution in [2.45, 2.75) is 19.4 Å². The summed E-state index contributed by atoms with van der Waals surface area (Å²) in [6.45, 7) is 2.89. The zero-order chi connectivity index (χ0) is 24.9. The van der Waals surface area contributed by atoms with Crippen LogP contribution in [0, 0.1) is 0 Å². The Morgan fingerprint density at radius 1 is 1.11 bits per heavy atom. The van der Waals surface area contributed by atoms with Gasteiger partial charge in [0.15, 0.2) is 11.5 Å². The van der Waals surface area contributed by atoms with Crippen molar-refractivity contribution in [2.24, 2.45) is 0 Å². The van der Waals surface area contributed by atoms with E-state index >= 15 is 0 Å². The molecule has 0 saturated heterocycles. The molecule has 0 spiro atoms. The lowest BCUT2D eigenvalue weighted by molar-refractivity contribution is 0.174. The minimum Gasteiger partial charge on any atom is -0.493 e. The summed E-state index contributed by atoms with van der Waals surface area (Å²) >= 11 is 6.25. The first-order valence-electron chi connectivity index (χ1n) is 11.1. The number of methoxy groups -OCH3 is 3.